The Hall–Kier alpha value is -3.43. The van der Waals surface area contributed by atoms with E-state index in [1.165, 1.54) is 38.5 Å². The molecule has 0 saturated heterocycles. The van der Waals surface area contributed by atoms with E-state index in [2.05, 4.69) is 0 Å². The number of benzene rings is 2. The van der Waals surface area contributed by atoms with E-state index in [0.717, 1.165) is 4.90 Å². The molecule has 0 unspecified atom stereocenters. The Balaban J connectivity index is 2.13. The first-order valence-corrected chi connectivity index (χ1v) is 10.3. The van der Waals surface area contributed by atoms with Crippen molar-refractivity contribution in [1.29, 1.82) is 0 Å². The van der Waals surface area contributed by atoms with E-state index in [1.807, 2.05) is 0 Å². The van der Waals surface area contributed by atoms with Crippen LogP contribution in [0.5, 0.6) is 11.5 Å². The topological polar surface area (TPSA) is 77.5 Å². The van der Waals surface area contributed by atoms with Crippen LogP contribution in [0.2, 0.25) is 0 Å². The van der Waals surface area contributed by atoms with Gasteiger partial charge in [-0.25, -0.2) is 9.29 Å². The summed E-state index contributed by atoms with van der Waals surface area (Å²) in [7, 11) is 6.09. The lowest BCUT2D eigenvalue weighted by molar-refractivity contribution is -0.120. The highest BCUT2D eigenvalue weighted by atomic mass is 19.1. The average molecular weight is 458 g/mol. The van der Waals surface area contributed by atoms with Gasteiger partial charge in [0.2, 0.25) is 0 Å². The van der Waals surface area contributed by atoms with Gasteiger partial charge in [0.15, 0.2) is 11.5 Å². The third-order valence-corrected chi connectivity index (χ3v) is 5.26. The van der Waals surface area contributed by atoms with Crippen molar-refractivity contribution in [2.45, 2.75) is 0 Å². The van der Waals surface area contributed by atoms with Gasteiger partial charge in [-0.1, -0.05) is 12.1 Å². The van der Waals surface area contributed by atoms with E-state index >= 15 is 0 Å². The summed E-state index contributed by atoms with van der Waals surface area (Å²) in [6, 6.07) is 10.3. The fourth-order valence-corrected chi connectivity index (χ4v) is 3.63. The fourth-order valence-electron chi connectivity index (χ4n) is 3.63. The summed E-state index contributed by atoms with van der Waals surface area (Å²) < 4.78 is 34.6. The van der Waals surface area contributed by atoms with Crippen LogP contribution in [0.1, 0.15) is 5.56 Å². The van der Waals surface area contributed by atoms with Crippen LogP contribution in [0.3, 0.4) is 0 Å². The van der Waals surface area contributed by atoms with Crippen molar-refractivity contribution in [1.82, 2.24) is 4.90 Å². The van der Waals surface area contributed by atoms with Gasteiger partial charge in [0, 0.05) is 33.4 Å². The van der Waals surface area contributed by atoms with Crippen molar-refractivity contribution < 1.29 is 32.9 Å². The number of hydrogen-bond donors (Lipinski definition) is 0. The van der Waals surface area contributed by atoms with Gasteiger partial charge in [-0.2, -0.15) is 0 Å². The lowest BCUT2D eigenvalue weighted by Crippen LogP contribution is -2.37. The van der Waals surface area contributed by atoms with E-state index in [4.69, 9.17) is 18.9 Å². The van der Waals surface area contributed by atoms with Crippen molar-refractivity contribution in [3.63, 3.8) is 0 Å². The number of imide groups is 1. The first-order valence-electron chi connectivity index (χ1n) is 10.3. The second-order valence-corrected chi connectivity index (χ2v) is 7.19. The maximum absolute atomic E-state index is 13.7. The summed E-state index contributed by atoms with van der Waals surface area (Å²) in [5.74, 6) is -0.616. The molecule has 2 aromatic carbocycles. The Labute approximate surface area is 192 Å². The fraction of sp³-hybridized carbons (Fsp3) is 0.333. The number of rotatable bonds is 11. The highest BCUT2D eigenvalue weighted by Crippen LogP contribution is 2.38. The summed E-state index contributed by atoms with van der Waals surface area (Å²) in [5.41, 5.74) is 1.15. The van der Waals surface area contributed by atoms with Crippen LogP contribution in [-0.4, -0.2) is 71.5 Å². The Morgan fingerprint density at radius 1 is 0.818 bits per heavy atom. The Bertz CT molecular complexity index is 1030. The molecule has 1 aliphatic heterocycles. The molecule has 2 aromatic rings. The molecule has 0 fully saturated rings. The lowest BCUT2D eigenvalue weighted by Gasteiger charge is -2.25. The number of anilines is 1. The van der Waals surface area contributed by atoms with Crippen LogP contribution < -0.4 is 14.4 Å². The molecule has 0 atom stereocenters. The molecule has 2 amide bonds. The van der Waals surface area contributed by atoms with Gasteiger partial charge < -0.3 is 23.8 Å². The SMILES string of the molecule is COCCN(CCOC)C1=C(c2ccc(F)cc2)C(=O)N(c2ccc(OC)c(OC)c2)C1=O. The zero-order valence-electron chi connectivity index (χ0n) is 19.1. The van der Waals surface area contributed by atoms with E-state index in [9.17, 15) is 14.0 Å². The van der Waals surface area contributed by atoms with Crippen molar-refractivity contribution in [3.8, 4) is 11.5 Å². The van der Waals surface area contributed by atoms with Gasteiger partial charge in [-0.3, -0.25) is 9.59 Å². The number of halogens is 1. The largest absolute Gasteiger partial charge is 0.493 e. The normalized spacial score (nSPS) is 13.7. The number of carbonyl (C=O) groups is 2. The summed E-state index contributed by atoms with van der Waals surface area (Å²) >= 11 is 0. The third-order valence-electron chi connectivity index (χ3n) is 5.26. The number of nitrogens with zero attached hydrogens (tertiary/aromatic N) is 2. The zero-order valence-corrected chi connectivity index (χ0v) is 19.1. The molecule has 0 N–H and O–H groups in total. The minimum Gasteiger partial charge on any atom is -0.493 e. The average Bonchev–Trinajstić information content (AvgIpc) is 3.09. The molecule has 0 radical (unpaired) electrons. The van der Waals surface area contributed by atoms with Crippen molar-refractivity contribution in [2.24, 2.45) is 0 Å². The lowest BCUT2D eigenvalue weighted by atomic mass is 10.0. The van der Waals surface area contributed by atoms with Crippen molar-refractivity contribution in [2.75, 3.05) is 59.6 Å². The van der Waals surface area contributed by atoms with Gasteiger partial charge in [-0.05, 0) is 29.8 Å². The summed E-state index contributed by atoms with van der Waals surface area (Å²) in [6.45, 7) is 1.39. The third kappa shape index (κ3) is 4.99. The summed E-state index contributed by atoms with van der Waals surface area (Å²) in [5, 5.41) is 0. The number of carbonyl (C=O) groups excluding carboxylic acids is 2. The molecular weight excluding hydrogens is 431 g/mol. The van der Waals surface area contributed by atoms with Gasteiger partial charge in [0.05, 0.1) is 38.7 Å². The van der Waals surface area contributed by atoms with Crippen LogP contribution in [-0.2, 0) is 19.1 Å². The maximum Gasteiger partial charge on any atom is 0.282 e. The molecule has 0 saturated carbocycles. The van der Waals surface area contributed by atoms with Gasteiger partial charge >= 0.3 is 0 Å². The van der Waals surface area contributed by atoms with E-state index < -0.39 is 17.6 Å². The molecule has 1 heterocycles. The van der Waals surface area contributed by atoms with Crippen molar-refractivity contribution >= 4 is 23.1 Å². The molecule has 0 aromatic heterocycles. The molecule has 3 rings (SSSR count). The predicted molar refractivity (Wildman–Crippen MR) is 121 cm³/mol. The first-order chi connectivity index (χ1) is 16.0. The molecule has 176 valence electrons. The van der Waals surface area contributed by atoms with Crippen LogP contribution in [0.15, 0.2) is 48.2 Å². The number of methoxy groups -OCH3 is 4. The molecule has 9 heteroatoms. The molecule has 0 aliphatic carbocycles. The monoisotopic (exact) mass is 458 g/mol. The van der Waals surface area contributed by atoms with E-state index in [-0.39, 0.29) is 11.3 Å². The number of amides is 2. The smallest absolute Gasteiger partial charge is 0.282 e. The van der Waals surface area contributed by atoms with Crippen LogP contribution in [0.25, 0.3) is 5.57 Å². The molecule has 33 heavy (non-hydrogen) atoms. The summed E-state index contributed by atoms with van der Waals surface area (Å²) in [6.07, 6.45) is 0. The zero-order chi connectivity index (χ0) is 24.0. The van der Waals surface area contributed by atoms with Gasteiger partial charge in [0.25, 0.3) is 11.8 Å². The Kier molecular flexibility index (Phi) is 8.02. The standard InChI is InChI=1S/C24H27FN2O6/c1-30-13-11-26(12-14-31-2)22-21(16-5-7-17(25)8-6-16)23(28)27(24(22)29)18-9-10-19(32-3)20(15-18)33-4/h5-10,15H,11-14H2,1-4H3. The Morgan fingerprint density at radius 2 is 1.42 bits per heavy atom. The summed E-state index contributed by atoms with van der Waals surface area (Å²) in [4.78, 5) is 30.1. The van der Waals surface area contributed by atoms with Crippen LogP contribution in [0, 0.1) is 5.82 Å². The molecular formula is C24H27FN2O6. The molecule has 8 nitrogen and oxygen atoms in total. The second-order valence-electron chi connectivity index (χ2n) is 7.19. The van der Waals surface area contributed by atoms with Gasteiger partial charge in [-0.15, -0.1) is 0 Å². The van der Waals surface area contributed by atoms with E-state index in [1.54, 1.807) is 37.3 Å². The van der Waals surface area contributed by atoms with Crippen molar-refractivity contribution in [3.05, 3.63) is 59.5 Å². The predicted octanol–water partition coefficient (Wildman–Crippen LogP) is 2.72. The van der Waals surface area contributed by atoms with Crippen LogP contribution >= 0.6 is 0 Å². The molecule has 1 aliphatic rings. The molecule has 0 spiro atoms. The second kappa shape index (κ2) is 10.9. The quantitative estimate of drug-likeness (QED) is 0.479. The maximum atomic E-state index is 13.7. The van der Waals surface area contributed by atoms with E-state index in [0.29, 0.717) is 49.1 Å². The highest BCUT2D eigenvalue weighted by molar-refractivity contribution is 6.45. The van der Waals surface area contributed by atoms with Gasteiger partial charge in [0.1, 0.15) is 11.5 Å². The first kappa shape index (κ1) is 24.2. The minimum atomic E-state index is -0.520. The van der Waals surface area contributed by atoms with Crippen LogP contribution in [0.4, 0.5) is 10.1 Å². The Morgan fingerprint density at radius 3 is 1.97 bits per heavy atom. The molecule has 0 bridgehead atoms. The minimum absolute atomic E-state index is 0.182. The number of hydrogen-bond acceptors (Lipinski definition) is 7. The highest BCUT2D eigenvalue weighted by Gasteiger charge is 2.42. The number of ether oxygens (including phenoxy) is 4.